The van der Waals surface area contributed by atoms with Gasteiger partial charge in [-0.3, -0.25) is 9.97 Å². The number of pyridine rings is 2. The van der Waals surface area contributed by atoms with Crippen molar-refractivity contribution in [3.05, 3.63) is 60.7 Å². The lowest BCUT2D eigenvalue weighted by Gasteiger charge is -2.12. The molecule has 3 rings (SSSR count). The number of hydrogen-bond donors (Lipinski definition) is 2. The van der Waals surface area contributed by atoms with Crippen molar-refractivity contribution in [1.82, 2.24) is 24.8 Å². The molecule has 0 aliphatic rings. The Morgan fingerprint density at radius 3 is 2.67 bits per heavy atom. The van der Waals surface area contributed by atoms with Crippen LogP contribution in [0.15, 0.2) is 55.0 Å². The molecule has 2 N–H and O–H groups in total. The lowest BCUT2D eigenvalue weighted by Crippen LogP contribution is -2.17. The minimum atomic E-state index is 0.602. The summed E-state index contributed by atoms with van der Waals surface area (Å²) >= 11 is 0. The molecule has 0 aromatic carbocycles. The van der Waals surface area contributed by atoms with Crippen molar-refractivity contribution < 1.29 is 0 Å². The van der Waals surface area contributed by atoms with Crippen LogP contribution in [-0.4, -0.2) is 52.0 Å². The zero-order valence-corrected chi connectivity index (χ0v) is 15.8. The van der Waals surface area contributed by atoms with Crippen LogP contribution in [-0.2, 0) is 6.54 Å². The molecule has 7 nitrogen and oxygen atoms in total. The highest BCUT2D eigenvalue weighted by Gasteiger charge is 2.07. The van der Waals surface area contributed by atoms with Gasteiger partial charge in [-0.05, 0) is 51.3 Å². The van der Waals surface area contributed by atoms with E-state index < -0.39 is 0 Å². The lowest BCUT2D eigenvalue weighted by molar-refractivity contribution is 0.405. The standard InChI is InChI=1S/C20H25N7/c1-27(2)12-6-11-23-20-25-18(16-7-5-9-21-14-16)13-19(26-20)24-15-17-8-3-4-10-22-17/h3-5,7-10,13-14H,6,11-12,15H2,1-2H3,(H2,23,24,25,26). The summed E-state index contributed by atoms with van der Waals surface area (Å²) in [5.74, 6) is 1.36. The Morgan fingerprint density at radius 2 is 1.93 bits per heavy atom. The quantitative estimate of drug-likeness (QED) is 0.566. The maximum Gasteiger partial charge on any atom is 0.225 e. The number of nitrogens with zero attached hydrogens (tertiary/aromatic N) is 5. The van der Waals surface area contributed by atoms with E-state index in [4.69, 9.17) is 0 Å². The van der Waals surface area contributed by atoms with E-state index in [-0.39, 0.29) is 0 Å². The van der Waals surface area contributed by atoms with E-state index in [9.17, 15) is 0 Å². The molecule has 0 radical (unpaired) electrons. The molecule has 0 spiro atoms. The summed E-state index contributed by atoms with van der Waals surface area (Å²) in [7, 11) is 4.14. The van der Waals surface area contributed by atoms with Crippen molar-refractivity contribution in [2.24, 2.45) is 0 Å². The van der Waals surface area contributed by atoms with Crippen molar-refractivity contribution in [2.75, 3.05) is 37.8 Å². The first-order valence-corrected chi connectivity index (χ1v) is 9.02. The van der Waals surface area contributed by atoms with Gasteiger partial charge in [-0.1, -0.05) is 6.07 Å². The molecule has 0 amide bonds. The molecule has 3 aromatic rings. The number of hydrogen-bond acceptors (Lipinski definition) is 7. The van der Waals surface area contributed by atoms with Crippen LogP contribution in [0.4, 0.5) is 11.8 Å². The summed E-state index contributed by atoms with van der Waals surface area (Å²) in [6, 6.07) is 11.7. The summed E-state index contributed by atoms with van der Waals surface area (Å²) in [6.45, 7) is 2.43. The zero-order chi connectivity index (χ0) is 18.9. The van der Waals surface area contributed by atoms with Crippen molar-refractivity contribution in [3.63, 3.8) is 0 Å². The third-order valence-corrected chi connectivity index (χ3v) is 3.93. The van der Waals surface area contributed by atoms with E-state index in [1.54, 1.807) is 18.6 Å². The monoisotopic (exact) mass is 363 g/mol. The topological polar surface area (TPSA) is 78.9 Å². The van der Waals surface area contributed by atoms with Crippen molar-refractivity contribution >= 4 is 11.8 Å². The SMILES string of the molecule is CN(C)CCCNc1nc(NCc2ccccn2)cc(-c2cccnc2)n1. The Morgan fingerprint density at radius 1 is 1.00 bits per heavy atom. The van der Waals surface area contributed by atoms with Gasteiger partial charge < -0.3 is 15.5 Å². The van der Waals surface area contributed by atoms with Gasteiger partial charge in [0.15, 0.2) is 0 Å². The fourth-order valence-electron chi connectivity index (χ4n) is 2.56. The fourth-order valence-corrected chi connectivity index (χ4v) is 2.56. The van der Waals surface area contributed by atoms with Gasteiger partial charge in [-0.2, -0.15) is 4.98 Å². The Labute approximate surface area is 159 Å². The lowest BCUT2D eigenvalue weighted by atomic mass is 10.2. The Kier molecular flexibility index (Phi) is 6.65. The first-order chi connectivity index (χ1) is 13.2. The van der Waals surface area contributed by atoms with Gasteiger partial charge >= 0.3 is 0 Å². The highest BCUT2D eigenvalue weighted by molar-refractivity contribution is 5.63. The van der Waals surface area contributed by atoms with Crippen LogP contribution < -0.4 is 10.6 Å². The normalized spacial score (nSPS) is 10.8. The number of anilines is 2. The van der Waals surface area contributed by atoms with Crippen LogP contribution in [0.25, 0.3) is 11.3 Å². The molecule has 0 unspecified atom stereocenters. The molecule has 0 fully saturated rings. The van der Waals surface area contributed by atoms with E-state index in [0.717, 1.165) is 42.3 Å². The molecule has 140 valence electrons. The van der Waals surface area contributed by atoms with Gasteiger partial charge in [0.05, 0.1) is 17.9 Å². The summed E-state index contributed by atoms with van der Waals surface area (Å²) in [5, 5.41) is 6.66. The molecule has 0 saturated heterocycles. The average molecular weight is 363 g/mol. The Bertz CT molecular complexity index is 822. The molecule has 7 heteroatoms. The van der Waals surface area contributed by atoms with Gasteiger partial charge in [0.1, 0.15) is 5.82 Å². The maximum atomic E-state index is 4.64. The van der Waals surface area contributed by atoms with E-state index in [0.29, 0.717) is 12.5 Å². The average Bonchev–Trinajstić information content (AvgIpc) is 2.71. The molecular weight excluding hydrogens is 338 g/mol. The molecule has 0 atom stereocenters. The maximum absolute atomic E-state index is 4.64. The van der Waals surface area contributed by atoms with E-state index in [1.165, 1.54) is 0 Å². The summed E-state index contributed by atoms with van der Waals surface area (Å²) in [4.78, 5) is 19.9. The van der Waals surface area contributed by atoms with Crippen LogP contribution in [0, 0.1) is 0 Å². The largest absolute Gasteiger partial charge is 0.364 e. The van der Waals surface area contributed by atoms with Gasteiger partial charge in [-0.25, -0.2) is 4.98 Å². The van der Waals surface area contributed by atoms with Crippen LogP contribution in [0.3, 0.4) is 0 Å². The first-order valence-electron chi connectivity index (χ1n) is 9.02. The van der Waals surface area contributed by atoms with Crippen LogP contribution >= 0.6 is 0 Å². The van der Waals surface area contributed by atoms with E-state index in [2.05, 4.69) is 49.6 Å². The second-order valence-corrected chi connectivity index (χ2v) is 6.46. The van der Waals surface area contributed by atoms with Crippen LogP contribution in [0.5, 0.6) is 0 Å². The summed E-state index contributed by atoms with van der Waals surface area (Å²) in [6.07, 6.45) is 6.37. The summed E-state index contributed by atoms with van der Waals surface area (Å²) < 4.78 is 0. The Hall–Kier alpha value is -3.06. The van der Waals surface area contributed by atoms with Crippen molar-refractivity contribution in [3.8, 4) is 11.3 Å². The van der Waals surface area contributed by atoms with Gasteiger partial charge in [-0.15, -0.1) is 0 Å². The molecule has 0 aliphatic heterocycles. The number of rotatable bonds is 9. The molecule has 0 aliphatic carbocycles. The second-order valence-electron chi connectivity index (χ2n) is 6.46. The van der Waals surface area contributed by atoms with Crippen LogP contribution in [0.2, 0.25) is 0 Å². The minimum Gasteiger partial charge on any atom is -0.364 e. The van der Waals surface area contributed by atoms with Gasteiger partial charge in [0.2, 0.25) is 5.95 Å². The van der Waals surface area contributed by atoms with Crippen molar-refractivity contribution in [2.45, 2.75) is 13.0 Å². The Balaban J connectivity index is 1.75. The van der Waals surface area contributed by atoms with Gasteiger partial charge in [0.25, 0.3) is 0 Å². The minimum absolute atomic E-state index is 0.602. The zero-order valence-electron chi connectivity index (χ0n) is 15.8. The van der Waals surface area contributed by atoms with Crippen LogP contribution in [0.1, 0.15) is 12.1 Å². The van der Waals surface area contributed by atoms with Crippen molar-refractivity contribution in [1.29, 1.82) is 0 Å². The highest BCUT2D eigenvalue weighted by Crippen LogP contribution is 2.21. The third-order valence-electron chi connectivity index (χ3n) is 3.93. The summed E-state index contributed by atoms with van der Waals surface area (Å²) in [5.41, 5.74) is 2.74. The number of aromatic nitrogens is 4. The predicted molar refractivity (Wildman–Crippen MR) is 108 cm³/mol. The molecule has 3 aromatic heterocycles. The number of nitrogens with one attached hydrogen (secondary N) is 2. The second kappa shape index (κ2) is 9.59. The van der Waals surface area contributed by atoms with Gasteiger partial charge in [0, 0.05) is 36.8 Å². The molecule has 3 heterocycles. The third kappa shape index (κ3) is 6.00. The molecular formula is C20H25N7. The van der Waals surface area contributed by atoms with E-state index >= 15 is 0 Å². The molecule has 27 heavy (non-hydrogen) atoms. The fraction of sp³-hybridized carbons (Fsp3) is 0.300. The first kappa shape index (κ1) is 18.7. The smallest absolute Gasteiger partial charge is 0.225 e. The van der Waals surface area contributed by atoms with E-state index in [1.807, 2.05) is 36.4 Å². The molecule has 0 bridgehead atoms. The molecule has 0 saturated carbocycles. The highest BCUT2D eigenvalue weighted by atomic mass is 15.1. The predicted octanol–water partition coefficient (Wildman–Crippen LogP) is 2.91.